The maximum atomic E-state index is 12.6. The zero-order valence-electron chi connectivity index (χ0n) is 10.1. The zero-order valence-corrected chi connectivity index (χ0v) is 10.1. The Morgan fingerprint density at radius 2 is 2.00 bits per heavy atom. The third-order valence-electron chi connectivity index (χ3n) is 2.35. The van der Waals surface area contributed by atoms with E-state index in [0.29, 0.717) is 12.1 Å². The van der Waals surface area contributed by atoms with Crippen molar-refractivity contribution < 1.29 is 27.9 Å². The Hall–Kier alpha value is -2.49. The van der Waals surface area contributed by atoms with Crippen LogP contribution >= 0.6 is 0 Å². The van der Waals surface area contributed by atoms with E-state index in [1.54, 1.807) is 0 Å². The van der Waals surface area contributed by atoms with E-state index in [1.165, 1.54) is 0 Å². The quantitative estimate of drug-likeness (QED) is 0.836. The molecule has 7 heteroatoms. The predicted octanol–water partition coefficient (Wildman–Crippen LogP) is 2.76. The number of carbonyl (C=O) groups excluding carboxylic acids is 1. The third kappa shape index (κ3) is 4.02. The van der Waals surface area contributed by atoms with E-state index in [2.05, 4.69) is 11.2 Å². The fraction of sp³-hybridized carbons (Fsp3) is 0.231. The average molecular weight is 285 g/mol. The molecule has 0 aromatic heterocycles. The molecular weight excluding hydrogens is 275 g/mol. The van der Waals surface area contributed by atoms with Crippen LogP contribution in [0.2, 0.25) is 0 Å². The predicted molar refractivity (Wildman–Crippen MR) is 65.1 cm³/mol. The Morgan fingerprint density at radius 1 is 1.35 bits per heavy atom. The number of carboxylic acids is 1. The Bertz CT molecular complexity index is 573. The highest BCUT2D eigenvalue weighted by Gasteiger charge is 2.31. The molecule has 0 fully saturated rings. The van der Waals surface area contributed by atoms with Gasteiger partial charge in [0, 0.05) is 12.8 Å². The summed E-state index contributed by atoms with van der Waals surface area (Å²) in [5, 5.41) is 11.0. The molecule has 1 aromatic carbocycles. The number of hydrogen-bond donors (Lipinski definition) is 2. The smallest absolute Gasteiger partial charge is 0.416 e. The van der Waals surface area contributed by atoms with Gasteiger partial charge in [-0.3, -0.25) is 4.79 Å². The maximum Gasteiger partial charge on any atom is 0.416 e. The van der Waals surface area contributed by atoms with Crippen molar-refractivity contribution in [2.75, 3.05) is 5.32 Å². The summed E-state index contributed by atoms with van der Waals surface area (Å²) in [5.74, 6) is 0.113. The second-order valence-electron chi connectivity index (χ2n) is 3.82. The van der Waals surface area contributed by atoms with Crippen molar-refractivity contribution in [3.8, 4) is 12.3 Å². The highest BCUT2D eigenvalue weighted by atomic mass is 19.4. The van der Waals surface area contributed by atoms with Gasteiger partial charge in [0.25, 0.3) is 0 Å². The summed E-state index contributed by atoms with van der Waals surface area (Å²) in [6, 6.07) is 2.01. The van der Waals surface area contributed by atoms with E-state index < -0.39 is 34.9 Å². The van der Waals surface area contributed by atoms with Gasteiger partial charge in [-0.1, -0.05) is 0 Å². The van der Waals surface area contributed by atoms with Crippen LogP contribution in [-0.4, -0.2) is 17.0 Å². The second kappa shape index (κ2) is 6.10. The van der Waals surface area contributed by atoms with Crippen LogP contribution in [0.4, 0.5) is 18.9 Å². The first kappa shape index (κ1) is 15.6. The summed E-state index contributed by atoms with van der Waals surface area (Å²) in [6.45, 7) is 0. The van der Waals surface area contributed by atoms with Gasteiger partial charge < -0.3 is 10.4 Å². The van der Waals surface area contributed by atoms with Gasteiger partial charge >= 0.3 is 12.1 Å². The van der Waals surface area contributed by atoms with Crippen LogP contribution in [0, 0.1) is 12.3 Å². The number of terminal acetylenes is 1. The Morgan fingerprint density at radius 3 is 2.50 bits per heavy atom. The van der Waals surface area contributed by atoms with Crippen LogP contribution < -0.4 is 5.32 Å². The number of benzene rings is 1. The number of alkyl halides is 3. The minimum Gasteiger partial charge on any atom is -0.478 e. The molecule has 0 unspecified atom stereocenters. The minimum absolute atomic E-state index is 0.104. The fourth-order valence-corrected chi connectivity index (χ4v) is 1.41. The van der Waals surface area contributed by atoms with Gasteiger partial charge in [0.05, 0.1) is 16.8 Å². The van der Waals surface area contributed by atoms with Gasteiger partial charge in [0.1, 0.15) is 0 Å². The molecule has 0 aliphatic rings. The molecule has 1 amide bonds. The van der Waals surface area contributed by atoms with Crippen LogP contribution in [0.25, 0.3) is 0 Å². The van der Waals surface area contributed by atoms with Crippen molar-refractivity contribution >= 4 is 17.6 Å². The van der Waals surface area contributed by atoms with Crippen molar-refractivity contribution in [1.82, 2.24) is 0 Å². The Labute approximate surface area is 112 Å². The third-order valence-corrected chi connectivity index (χ3v) is 2.35. The number of hydrogen-bond acceptors (Lipinski definition) is 2. The first-order valence-electron chi connectivity index (χ1n) is 5.43. The average Bonchev–Trinajstić information content (AvgIpc) is 2.34. The number of halogens is 3. The Kier molecular flexibility index (Phi) is 4.75. The highest BCUT2D eigenvalue weighted by Crippen LogP contribution is 2.32. The maximum absolute atomic E-state index is 12.6. The summed E-state index contributed by atoms with van der Waals surface area (Å²) >= 11 is 0. The molecule has 0 saturated heterocycles. The highest BCUT2D eigenvalue weighted by molar-refractivity contribution is 6.00. The van der Waals surface area contributed by atoms with Crippen LogP contribution in [0.1, 0.15) is 28.8 Å². The van der Waals surface area contributed by atoms with E-state index >= 15 is 0 Å². The number of anilines is 1. The standard InChI is InChI=1S/C13H10F3NO3/c1-2-3-4-11(18)17-10-7-8(13(14,15)16)5-6-9(10)12(19)20/h1,5-7H,3-4H2,(H,17,18)(H,19,20). The Balaban J connectivity index is 3.10. The molecule has 1 rings (SSSR count). The topological polar surface area (TPSA) is 66.4 Å². The molecule has 2 N–H and O–H groups in total. The molecule has 0 heterocycles. The summed E-state index contributed by atoms with van der Waals surface area (Å²) in [4.78, 5) is 22.3. The molecule has 0 radical (unpaired) electrons. The molecule has 1 aromatic rings. The number of amides is 1. The van der Waals surface area contributed by atoms with E-state index in [9.17, 15) is 22.8 Å². The number of nitrogens with one attached hydrogen (secondary N) is 1. The van der Waals surface area contributed by atoms with Crippen molar-refractivity contribution in [3.05, 3.63) is 29.3 Å². The lowest BCUT2D eigenvalue weighted by atomic mass is 10.1. The number of rotatable bonds is 4. The lowest BCUT2D eigenvalue weighted by molar-refractivity contribution is -0.137. The molecule has 0 aliphatic heterocycles. The largest absolute Gasteiger partial charge is 0.478 e. The van der Waals surface area contributed by atoms with E-state index in [4.69, 9.17) is 11.5 Å². The lowest BCUT2D eigenvalue weighted by Crippen LogP contribution is -2.16. The monoisotopic (exact) mass is 285 g/mol. The molecule has 0 bridgehead atoms. The molecule has 106 valence electrons. The molecule has 0 spiro atoms. The summed E-state index contributed by atoms with van der Waals surface area (Å²) in [5.41, 5.74) is -1.88. The first-order valence-corrected chi connectivity index (χ1v) is 5.43. The molecule has 4 nitrogen and oxygen atoms in total. The van der Waals surface area contributed by atoms with Crippen molar-refractivity contribution in [2.45, 2.75) is 19.0 Å². The van der Waals surface area contributed by atoms with Crippen LogP contribution in [0.3, 0.4) is 0 Å². The van der Waals surface area contributed by atoms with Gasteiger partial charge in [0.15, 0.2) is 0 Å². The molecule has 0 atom stereocenters. The van der Waals surface area contributed by atoms with E-state index in [1.807, 2.05) is 0 Å². The van der Waals surface area contributed by atoms with E-state index in [-0.39, 0.29) is 12.8 Å². The van der Waals surface area contributed by atoms with Gasteiger partial charge in [0.2, 0.25) is 5.91 Å². The first-order chi connectivity index (χ1) is 9.25. The van der Waals surface area contributed by atoms with Crippen LogP contribution in [0.15, 0.2) is 18.2 Å². The summed E-state index contributed by atoms with van der Waals surface area (Å²) < 4.78 is 37.7. The summed E-state index contributed by atoms with van der Waals surface area (Å²) in [7, 11) is 0. The van der Waals surface area contributed by atoms with Crippen LogP contribution in [0.5, 0.6) is 0 Å². The summed E-state index contributed by atoms with van der Waals surface area (Å²) in [6.07, 6.45) is 0.326. The van der Waals surface area contributed by atoms with Gasteiger partial charge in [-0.15, -0.1) is 12.3 Å². The SMILES string of the molecule is C#CCCC(=O)Nc1cc(C(F)(F)F)ccc1C(=O)O. The fourth-order valence-electron chi connectivity index (χ4n) is 1.41. The number of carbonyl (C=O) groups is 2. The molecule has 20 heavy (non-hydrogen) atoms. The number of aromatic carboxylic acids is 1. The minimum atomic E-state index is -4.63. The van der Waals surface area contributed by atoms with E-state index in [0.717, 1.165) is 6.07 Å². The van der Waals surface area contributed by atoms with Crippen molar-refractivity contribution in [2.24, 2.45) is 0 Å². The van der Waals surface area contributed by atoms with Gasteiger partial charge in [-0.05, 0) is 18.2 Å². The van der Waals surface area contributed by atoms with Crippen molar-refractivity contribution in [1.29, 1.82) is 0 Å². The lowest BCUT2D eigenvalue weighted by Gasteiger charge is -2.12. The number of carboxylic acid groups (broad SMARTS) is 1. The normalized spacial score (nSPS) is 10.7. The van der Waals surface area contributed by atoms with Crippen LogP contribution in [-0.2, 0) is 11.0 Å². The second-order valence-corrected chi connectivity index (χ2v) is 3.82. The van der Waals surface area contributed by atoms with Gasteiger partial charge in [-0.25, -0.2) is 4.79 Å². The molecule has 0 saturated carbocycles. The zero-order chi connectivity index (χ0) is 15.3. The van der Waals surface area contributed by atoms with Crippen molar-refractivity contribution in [3.63, 3.8) is 0 Å². The van der Waals surface area contributed by atoms with Gasteiger partial charge in [-0.2, -0.15) is 13.2 Å². The molecule has 0 aliphatic carbocycles. The molecular formula is C13H10F3NO3.